The van der Waals surface area contributed by atoms with Gasteiger partial charge in [-0.05, 0) is 68.7 Å². The van der Waals surface area contributed by atoms with Crippen molar-refractivity contribution in [3.05, 3.63) is 28.8 Å². The Morgan fingerprint density at radius 1 is 1.15 bits per heavy atom. The number of carbonyl (C=O) groups is 2. The van der Waals surface area contributed by atoms with Gasteiger partial charge in [-0.2, -0.15) is 0 Å². The van der Waals surface area contributed by atoms with E-state index in [4.69, 9.17) is 4.74 Å². The molecular weight excluding hydrogens is 368 g/mol. The Balaban J connectivity index is 2.02. The van der Waals surface area contributed by atoms with Gasteiger partial charge < -0.3 is 10.1 Å². The van der Waals surface area contributed by atoms with E-state index < -0.39 is 27.7 Å². The average molecular weight is 397 g/mol. The first-order chi connectivity index (χ1) is 12.6. The third-order valence-electron chi connectivity index (χ3n) is 5.04. The molecule has 0 unspecified atom stereocenters. The van der Waals surface area contributed by atoms with E-state index in [-0.39, 0.29) is 6.04 Å². The third kappa shape index (κ3) is 6.04. The van der Waals surface area contributed by atoms with E-state index in [1.165, 1.54) is 13.2 Å². The molecule has 8 heteroatoms. The van der Waals surface area contributed by atoms with Gasteiger partial charge in [-0.25, -0.2) is 17.9 Å². The van der Waals surface area contributed by atoms with E-state index in [0.717, 1.165) is 36.8 Å². The highest BCUT2D eigenvalue weighted by Gasteiger charge is 2.25. The molecule has 0 radical (unpaired) electrons. The summed E-state index contributed by atoms with van der Waals surface area (Å²) >= 11 is 0. The maximum Gasteiger partial charge on any atom is 0.338 e. The summed E-state index contributed by atoms with van der Waals surface area (Å²) in [6, 6.07) is 3.09. The lowest BCUT2D eigenvalue weighted by atomic mass is 9.88. The Morgan fingerprint density at radius 3 is 2.37 bits per heavy atom. The number of rotatable bonds is 6. The molecule has 2 rings (SSSR count). The van der Waals surface area contributed by atoms with E-state index in [0.29, 0.717) is 17.2 Å². The largest absolute Gasteiger partial charge is 0.465 e. The molecule has 0 spiro atoms. The molecule has 0 atom stereocenters. The van der Waals surface area contributed by atoms with E-state index in [1.807, 2.05) is 0 Å². The van der Waals surface area contributed by atoms with Crippen LogP contribution in [-0.4, -0.2) is 39.2 Å². The fraction of sp³-hybridized carbons (Fsp3) is 0.579. The van der Waals surface area contributed by atoms with Crippen LogP contribution in [0.4, 0.5) is 5.69 Å². The number of ether oxygens (including phenoxy) is 1. The number of esters is 1. The summed E-state index contributed by atoms with van der Waals surface area (Å²) < 4.78 is 31.9. The first kappa shape index (κ1) is 21.4. The van der Waals surface area contributed by atoms with Crippen molar-refractivity contribution >= 4 is 27.6 Å². The van der Waals surface area contributed by atoms with Crippen LogP contribution in [0.2, 0.25) is 0 Å². The predicted octanol–water partition coefficient (Wildman–Crippen LogP) is 2.53. The zero-order valence-electron chi connectivity index (χ0n) is 16.3. The number of sulfonamides is 1. The summed E-state index contributed by atoms with van der Waals surface area (Å²) in [4.78, 5) is 24.1. The van der Waals surface area contributed by atoms with Crippen LogP contribution in [0, 0.1) is 19.8 Å². The lowest BCUT2D eigenvalue weighted by molar-refractivity contribution is -0.113. The Morgan fingerprint density at radius 2 is 1.78 bits per heavy atom. The number of hydrogen-bond donors (Lipinski definition) is 2. The van der Waals surface area contributed by atoms with E-state index in [1.54, 1.807) is 19.9 Å². The number of hydrogen-bond acceptors (Lipinski definition) is 5. The van der Waals surface area contributed by atoms with Gasteiger partial charge in [0.1, 0.15) is 5.75 Å². The minimum atomic E-state index is -3.72. The molecule has 1 aliphatic rings. The van der Waals surface area contributed by atoms with Crippen LogP contribution in [0.15, 0.2) is 12.1 Å². The molecule has 0 aromatic heterocycles. The van der Waals surface area contributed by atoms with Gasteiger partial charge in [0.25, 0.3) is 0 Å². The zero-order chi connectivity index (χ0) is 20.2. The fourth-order valence-corrected chi connectivity index (χ4v) is 4.54. The summed E-state index contributed by atoms with van der Waals surface area (Å²) in [6.45, 7) is 5.75. The second kappa shape index (κ2) is 8.84. The van der Waals surface area contributed by atoms with Gasteiger partial charge in [0, 0.05) is 11.7 Å². The topological polar surface area (TPSA) is 102 Å². The molecule has 2 N–H and O–H groups in total. The van der Waals surface area contributed by atoms with Crippen LogP contribution in [0.25, 0.3) is 0 Å². The number of nitrogens with one attached hydrogen (secondary N) is 2. The molecule has 1 aromatic carbocycles. The van der Waals surface area contributed by atoms with Crippen LogP contribution in [0.5, 0.6) is 0 Å². The van der Waals surface area contributed by atoms with Gasteiger partial charge in [0.15, 0.2) is 0 Å². The molecule has 7 nitrogen and oxygen atoms in total. The molecule has 1 saturated carbocycles. The van der Waals surface area contributed by atoms with Crippen molar-refractivity contribution in [2.75, 3.05) is 18.2 Å². The van der Waals surface area contributed by atoms with Gasteiger partial charge in [0.2, 0.25) is 15.9 Å². The number of carbonyl (C=O) groups excluding carboxylic acids is 2. The number of benzene rings is 1. The number of aryl methyl sites for hydroxylation is 1. The monoisotopic (exact) mass is 396 g/mol. The molecule has 1 fully saturated rings. The van der Waals surface area contributed by atoms with Crippen LogP contribution in [0.3, 0.4) is 0 Å². The summed E-state index contributed by atoms with van der Waals surface area (Å²) in [5.41, 5.74) is 2.25. The van der Waals surface area contributed by atoms with Crippen molar-refractivity contribution in [3.8, 4) is 0 Å². The fourth-order valence-electron chi connectivity index (χ4n) is 3.30. The summed E-state index contributed by atoms with van der Waals surface area (Å²) in [7, 11) is -2.44. The Labute approximate surface area is 160 Å². The Kier molecular flexibility index (Phi) is 7.00. The Bertz CT molecular complexity index is 812. The van der Waals surface area contributed by atoms with Gasteiger partial charge in [-0.1, -0.05) is 6.92 Å². The van der Waals surface area contributed by atoms with Crippen molar-refractivity contribution in [3.63, 3.8) is 0 Å². The lowest BCUT2D eigenvalue weighted by Gasteiger charge is -2.26. The highest BCUT2D eigenvalue weighted by Crippen LogP contribution is 2.24. The van der Waals surface area contributed by atoms with Crippen molar-refractivity contribution in [2.45, 2.75) is 52.5 Å². The van der Waals surface area contributed by atoms with Crippen molar-refractivity contribution in [1.29, 1.82) is 0 Å². The molecule has 1 amide bonds. The average Bonchev–Trinajstić information content (AvgIpc) is 2.58. The van der Waals surface area contributed by atoms with E-state index in [9.17, 15) is 18.0 Å². The minimum Gasteiger partial charge on any atom is -0.465 e. The SMILES string of the molecule is COC(=O)c1cc(NC(=O)CS(=O)(=O)NC2CCC(C)CC2)cc(C)c1C. The smallest absolute Gasteiger partial charge is 0.338 e. The molecule has 27 heavy (non-hydrogen) atoms. The molecular formula is C19H28N2O5S. The van der Waals surface area contributed by atoms with Crippen LogP contribution < -0.4 is 10.0 Å². The summed E-state index contributed by atoms with van der Waals surface area (Å²) in [5.74, 6) is -1.19. The predicted molar refractivity (Wildman–Crippen MR) is 104 cm³/mol. The summed E-state index contributed by atoms with van der Waals surface area (Å²) in [6.07, 6.45) is 3.56. The highest BCUT2D eigenvalue weighted by molar-refractivity contribution is 7.90. The number of methoxy groups -OCH3 is 1. The van der Waals surface area contributed by atoms with Gasteiger partial charge >= 0.3 is 5.97 Å². The number of anilines is 1. The van der Waals surface area contributed by atoms with Gasteiger partial charge in [0.05, 0.1) is 12.7 Å². The van der Waals surface area contributed by atoms with Crippen LogP contribution in [0.1, 0.15) is 54.1 Å². The quantitative estimate of drug-likeness (QED) is 0.720. The first-order valence-electron chi connectivity index (χ1n) is 9.10. The second-order valence-electron chi connectivity index (χ2n) is 7.34. The molecule has 0 heterocycles. The second-order valence-corrected chi connectivity index (χ2v) is 9.09. The minimum absolute atomic E-state index is 0.105. The maximum atomic E-state index is 12.3. The first-order valence-corrected chi connectivity index (χ1v) is 10.8. The lowest BCUT2D eigenvalue weighted by Crippen LogP contribution is -2.41. The third-order valence-corrected chi connectivity index (χ3v) is 6.37. The van der Waals surface area contributed by atoms with Crippen LogP contribution >= 0.6 is 0 Å². The molecule has 0 saturated heterocycles. The maximum absolute atomic E-state index is 12.3. The number of amides is 1. The summed E-state index contributed by atoms with van der Waals surface area (Å²) in [5, 5.41) is 2.56. The van der Waals surface area contributed by atoms with Crippen molar-refractivity contribution < 1.29 is 22.7 Å². The normalized spacial score (nSPS) is 20.1. The van der Waals surface area contributed by atoms with Crippen LogP contribution in [-0.2, 0) is 19.6 Å². The van der Waals surface area contributed by atoms with Crippen molar-refractivity contribution in [1.82, 2.24) is 4.72 Å². The molecule has 0 bridgehead atoms. The molecule has 150 valence electrons. The molecule has 1 aromatic rings. The van der Waals surface area contributed by atoms with Crippen molar-refractivity contribution in [2.24, 2.45) is 5.92 Å². The van der Waals surface area contributed by atoms with E-state index >= 15 is 0 Å². The molecule has 1 aliphatic carbocycles. The highest BCUT2D eigenvalue weighted by atomic mass is 32.2. The molecule has 0 aliphatic heterocycles. The standard InChI is InChI=1S/C19H28N2O5S/c1-12-5-7-15(8-6-12)21-27(24,25)11-18(22)20-16-9-13(2)14(3)17(10-16)19(23)26-4/h9-10,12,15,21H,5-8,11H2,1-4H3,(H,20,22). The Hall–Kier alpha value is -1.93. The van der Waals surface area contributed by atoms with E-state index in [2.05, 4.69) is 17.0 Å². The van der Waals surface area contributed by atoms with Gasteiger partial charge in [-0.3, -0.25) is 4.79 Å². The zero-order valence-corrected chi connectivity index (χ0v) is 17.1. The van der Waals surface area contributed by atoms with Gasteiger partial charge in [-0.15, -0.1) is 0 Å².